The molecule has 1 amide bonds. The van der Waals surface area contributed by atoms with E-state index in [2.05, 4.69) is 25.8 Å². The van der Waals surface area contributed by atoms with Gasteiger partial charge in [0.25, 0.3) is 0 Å². The number of amides is 1. The molecule has 2 saturated heterocycles. The van der Waals surface area contributed by atoms with Crippen LogP contribution in [0.3, 0.4) is 0 Å². The van der Waals surface area contributed by atoms with E-state index in [4.69, 9.17) is 23.2 Å². The van der Waals surface area contributed by atoms with Gasteiger partial charge in [-0.1, -0.05) is 41.8 Å². The summed E-state index contributed by atoms with van der Waals surface area (Å²) >= 11 is 12.3. The second kappa shape index (κ2) is 10.5. The van der Waals surface area contributed by atoms with Gasteiger partial charge >= 0.3 is 0 Å². The number of carbonyl (C=O) groups excluding carboxylic acids is 1. The number of benzene rings is 1. The van der Waals surface area contributed by atoms with Crippen molar-refractivity contribution in [3.05, 3.63) is 63.9 Å². The zero-order chi connectivity index (χ0) is 23.7. The lowest BCUT2D eigenvalue weighted by Crippen LogP contribution is -2.68. The molecular weight excluding hydrogens is 471 g/mol. The Morgan fingerprint density at radius 1 is 1.03 bits per heavy atom. The highest BCUT2D eigenvalue weighted by Crippen LogP contribution is 2.36. The second-order valence-corrected chi connectivity index (χ2v) is 10.7. The third-order valence-electron chi connectivity index (χ3n) is 7.68. The Labute approximate surface area is 211 Å². The van der Waals surface area contributed by atoms with Gasteiger partial charge in [-0.15, -0.1) is 0 Å². The maximum atomic E-state index is 13.7. The Kier molecular flexibility index (Phi) is 7.42. The number of likely N-dealkylation sites (tertiary alicyclic amines) is 1. The van der Waals surface area contributed by atoms with Gasteiger partial charge in [-0.2, -0.15) is 0 Å². The molecule has 3 heterocycles. The minimum atomic E-state index is -0.268. The Bertz CT molecular complexity index is 1010. The Balaban J connectivity index is 1.40. The molecule has 1 aromatic carbocycles. The SMILES string of the molecule is O=C(Cc1ccc(Cl)c(Cl)c1)N1CCN(Cc2cccnc2)C2CCCC(N3CCC(O)C3)C21. The van der Waals surface area contributed by atoms with Crippen LogP contribution in [0.2, 0.25) is 10.0 Å². The van der Waals surface area contributed by atoms with Gasteiger partial charge in [0.1, 0.15) is 0 Å². The molecule has 3 aliphatic rings. The summed E-state index contributed by atoms with van der Waals surface area (Å²) in [5.41, 5.74) is 2.09. The lowest BCUT2D eigenvalue weighted by atomic mass is 9.81. The molecule has 1 N–H and O–H groups in total. The number of aliphatic hydroxyl groups excluding tert-OH is 1. The molecule has 5 rings (SSSR count). The molecule has 0 bridgehead atoms. The molecule has 6 nitrogen and oxygen atoms in total. The first-order valence-corrected chi connectivity index (χ1v) is 13.0. The third kappa shape index (κ3) is 5.12. The minimum absolute atomic E-state index is 0.111. The molecule has 3 fully saturated rings. The van der Waals surface area contributed by atoms with Crippen LogP contribution in [0.25, 0.3) is 0 Å². The van der Waals surface area contributed by atoms with Gasteiger partial charge in [-0.25, -0.2) is 0 Å². The zero-order valence-corrected chi connectivity index (χ0v) is 20.8. The van der Waals surface area contributed by atoms with E-state index in [1.165, 1.54) is 5.56 Å². The predicted molar refractivity (Wildman–Crippen MR) is 134 cm³/mol. The van der Waals surface area contributed by atoms with E-state index in [0.717, 1.165) is 50.9 Å². The zero-order valence-electron chi connectivity index (χ0n) is 19.3. The largest absolute Gasteiger partial charge is 0.392 e. The summed E-state index contributed by atoms with van der Waals surface area (Å²) in [6.07, 6.45) is 7.88. The van der Waals surface area contributed by atoms with Gasteiger partial charge in [-0.05, 0) is 48.6 Å². The first-order chi connectivity index (χ1) is 16.5. The lowest BCUT2D eigenvalue weighted by Gasteiger charge is -2.54. The summed E-state index contributed by atoms with van der Waals surface area (Å²) in [7, 11) is 0. The fourth-order valence-corrected chi connectivity index (χ4v) is 6.43. The average molecular weight is 503 g/mol. The smallest absolute Gasteiger partial charge is 0.227 e. The van der Waals surface area contributed by atoms with Crippen molar-refractivity contribution in [1.29, 1.82) is 0 Å². The standard InChI is InChI=1S/C26H32Cl2N4O2/c27-21-7-6-18(13-22(21)28)14-25(34)32-12-11-31(16-19-3-2-9-29-15-19)24-5-1-4-23(26(24)32)30-10-8-20(33)17-30/h2-3,6-7,9,13,15,20,23-24,26,33H,1,4-5,8,10-12,14,16-17H2. The summed E-state index contributed by atoms with van der Waals surface area (Å²) in [5.74, 6) is 0.140. The molecular formula is C26H32Cl2N4O2. The number of hydrogen-bond donors (Lipinski definition) is 1. The van der Waals surface area contributed by atoms with Crippen LogP contribution in [0.1, 0.15) is 36.8 Å². The van der Waals surface area contributed by atoms with Crippen LogP contribution in [-0.4, -0.2) is 81.1 Å². The summed E-state index contributed by atoms with van der Waals surface area (Å²) in [4.78, 5) is 25.1. The van der Waals surface area contributed by atoms with Crippen LogP contribution >= 0.6 is 23.2 Å². The molecule has 182 valence electrons. The van der Waals surface area contributed by atoms with Crippen molar-refractivity contribution >= 4 is 29.1 Å². The number of carbonyl (C=O) groups is 1. The predicted octanol–water partition coefficient (Wildman–Crippen LogP) is 3.63. The van der Waals surface area contributed by atoms with Crippen LogP contribution in [0.5, 0.6) is 0 Å². The number of halogens is 2. The second-order valence-electron chi connectivity index (χ2n) is 9.84. The van der Waals surface area contributed by atoms with Gasteiger partial charge in [-0.3, -0.25) is 19.6 Å². The summed E-state index contributed by atoms with van der Waals surface area (Å²) < 4.78 is 0. The Hall–Kier alpha value is -1.70. The van der Waals surface area contributed by atoms with Crippen LogP contribution in [0.4, 0.5) is 0 Å². The van der Waals surface area contributed by atoms with Gasteiger partial charge in [0.05, 0.1) is 28.6 Å². The molecule has 8 heteroatoms. The number of fused-ring (bicyclic) bond motifs is 1. The quantitative estimate of drug-likeness (QED) is 0.676. The molecule has 0 radical (unpaired) electrons. The molecule has 1 aromatic heterocycles. The molecule has 2 aliphatic heterocycles. The molecule has 4 unspecified atom stereocenters. The highest BCUT2D eigenvalue weighted by Gasteiger charge is 2.47. The van der Waals surface area contributed by atoms with Crippen molar-refractivity contribution in [2.24, 2.45) is 0 Å². The summed E-state index contributed by atoms with van der Waals surface area (Å²) in [5, 5.41) is 11.2. The number of piperazine rings is 1. The minimum Gasteiger partial charge on any atom is -0.392 e. The third-order valence-corrected chi connectivity index (χ3v) is 8.42. The van der Waals surface area contributed by atoms with Crippen molar-refractivity contribution in [3.63, 3.8) is 0 Å². The van der Waals surface area contributed by atoms with Crippen LogP contribution in [0.15, 0.2) is 42.7 Å². The summed E-state index contributed by atoms with van der Waals surface area (Å²) in [6, 6.07) is 10.2. The van der Waals surface area contributed by atoms with Gasteiger partial charge in [0.15, 0.2) is 0 Å². The van der Waals surface area contributed by atoms with Crippen molar-refractivity contribution in [3.8, 4) is 0 Å². The highest BCUT2D eigenvalue weighted by atomic mass is 35.5. The molecule has 1 aliphatic carbocycles. The molecule has 1 saturated carbocycles. The molecule has 4 atom stereocenters. The topological polar surface area (TPSA) is 59.9 Å². The Morgan fingerprint density at radius 3 is 2.62 bits per heavy atom. The number of rotatable bonds is 5. The van der Waals surface area contributed by atoms with Crippen LogP contribution in [-0.2, 0) is 17.8 Å². The van der Waals surface area contributed by atoms with Crippen molar-refractivity contribution in [1.82, 2.24) is 19.7 Å². The maximum Gasteiger partial charge on any atom is 0.227 e. The summed E-state index contributed by atoms with van der Waals surface area (Å²) in [6.45, 7) is 3.99. The number of pyridine rings is 1. The first kappa shape index (κ1) is 24.0. The molecule has 34 heavy (non-hydrogen) atoms. The van der Waals surface area contributed by atoms with Gasteiger partial charge < -0.3 is 10.0 Å². The molecule has 2 aromatic rings. The molecule has 0 spiro atoms. The van der Waals surface area contributed by atoms with Crippen molar-refractivity contribution in [2.45, 2.75) is 62.9 Å². The van der Waals surface area contributed by atoms with E-state index >= 15 is 0 Å². The highest BCUT2D eigenvalue weighted by molar-refractivity contribution is 6.42. The number of hydrogen-bond acceptors (Lipinski definition) is 5. The van der Waals surface area contributed by atoms with Crippen molar-refractivity contribution < 1.29 is 9.90 Å². The number of aliphatic hydroxyl groups is 1. The van der Waals surface area contributed by atoms with E-state index in [9.17, 15) is 9.90 Å². The van der Waals surface area contributed by atoms with Gasteiger partial charge in [0.2, 0.25) is 5.91 Å². The monoisotopic (exact) mass is 502 g/mol. The fraction of sp³-hybridized carbons (Fsp3) is 0.538. The Morgan fingerprint density at radius 2 is 1.88 bits per heavy atom. The van der Waals surface area contributed by atoms with Crippen molar-refractivity contribution in [2.75, 3.05) is 26.2 Å². The van der Waals surface area contributed by atoms with Crippen LogP contribution < -0.4 is 0 Å². The average Bonchev–Trinajstić information content (AvgIpc) is 3.28. The number of β-amino-alcohol motifs (C(OH)–C–C–N with tert-alkyl or cyclic N) is 1. The number of nitrogens with zero attached hydrogens (tertiary/aromatic N) is 4. The normalized spacial score (nSPS) is 28.1. The van der Waals surface area contributed by atoms with E-state index in [1.807, 2.05) is 18.3 Å². The maximum absolute atomic E-state index is 13.7. The lowest BCUT2D eigenvalue weighted by molar-refractivity contribution is -0.143. The first-order valence-electron chi connectivity index (χ1n) is 12.3. The van der Waals surface area contributed by atoms with E-state index in [1.54, 1.807) is 18.3 Å². The van der Waals surface area contributed by atoms with Gasteiger partial charge in [0, 0.05) is 57.2 Å². The van der Waals surface area contributed by atoms with E-state index < -0.39 is 0 Å². The fourth-order valence-electron chi connectivity index (χ4n) is 6.11. The van der Waals surface area contributed by atoms with E-state index in [0.29, 0.717) is 35.6 Å². The van der Waals surface area contributed by atoms with Crippen LogP contribution in [0, 0.1) is 0 Å². The van der Waals surface area contributed by atoms with E-state index in [-0.39, 0.29) is 24.1 Å². The number of aromatic nitrogens is 1.